The number of nitrogens with zero attached hydrogens (tertiary/aromatic N) is 2. The quantitative estimate of drug-likeness (QED) is 0.576. The minimum atomic E-state index is -0.425. The van der Waals surface area contributed by atoms with E-state index in [9.17, 15) is 4.79 Å². The number of alkyl halides is 1. The number of imidazole rings is 1. The van der Waals surface area contributed by atoms with Gasteiger partial charge in [0.25, 0.3) is 0 Å². The lowest BCUT2D eigenvalue weighted by Gasteiger charge is -2.17. The Morgan fingerprint density at radius 1 is 1.69 bits per heavy atom. The van der Waals surface area contributed by atoms with Crippen molar-refractivity contribution in [3.63, 3.8) is 0 Å². The van der Waals surface area contributed by atoms with Gasteiger partial charge in [-0.1, -0.05) is 11.6 Å². The van der Waals surface area contributed by atoms with Gasteiger partial charge in [0.1, 0.15) is 17.5 Å². The van der Waals surface area contributed by atoms with Gasteiger partial charge in [0.05, 0.1) is 17.4 Å². The maximum absolute atomic E-state index is 10.9. The van der Waals surface area contributed by atoms with Crippen molar-refractivity contribution in [2.45, 2.75) is 23.8 Å². The van der Waals surface area contributed by atoms with Crippen molar-refractivity contribution >= 4 is 29.5 Å². The van der Waals surface area contributed by atoms with Gasteiger partial charge in [0.2, 0.25) is 0 Å². The minimum absolute atomic E-state index is 0.385. The van der Waals surface area contributed by atoms with Gasteiger partial charge in [-0.25, -0.2) is 4.98 Å². The Balaban J connectivity index is 2.32. The van der Waals surface area contributed by atoms with Crippen LogP contribution in [0.25, 0.3) is 0 Å². The number of carbonyl (C=O) groups excluding carboxylic acids is 1. The highest BCUT2D eigenvalue weighted by Crippen LogP contribution is 2.50. The van der Waals surface area contributed by atoms with E-state index in [0.717, 1.165) is 19.1 Å². The Labute approximate surface area is 85.7 Å². The Bertz CT molecular complexity index is 333. The molecule has 1 saturated carbocycles. The van der Waals surface area contributed by atoms with E-state index in [0.29, 0.717) is 5.15 Å². The molecule has 1 aromatic heterocycles. The molecule has 1 atom stereocenters. The van der Waals surface area contributed by atoms with E-state index in [-0.39, 0.29) is 6.04 Å². The van der Waals surface area contributed by atoms with Crippen LogP contribution < -0.4 is 0 Å². The second kappa shape index (κ2) is 3.00. The lowest BCUT2D eigenvalue weighted by atomic mass is 10.2. The van der Waals surface area contributed by atoms with E-state index in [1.54, 1.807) is 4.57 Å². The van der Waals surface area contributed by atoms with Crippen LogP contribution in [0, 0.1) is 0 Å². The molecule has 1 aromatic rings. The molecule has 0 saturated heterocycles. The summed E-state index contributed by atoms with van der Waals surface area (Å²) in [6.45, 7) is 0. The van der Waals surface area contributed by atoms with Crippen LogP contribution in [0.1, 0.15) is 18.9 Å². The summed E-state index contributed by atoms with van der Waals surface area (Å²) in [7, 11) is 0. The molecule has 0 radical (unpaired) electrons. The fourth-order valence-corrected chi connectivity index (χ4v) is 1.80. The van der Waals surface area contributed by atoms with Crippen LogP contribution >= 0.6 is 23.2 Å². The van der Waals surface area contributed by atoms with E-state index < -0.39 is 4.87 Å². The highest BCUT2D eigenvalue weighted by atomic mass is 35.5. The smallest absolute Gasteiger partial charge is 0.144 e. The number of aldehydes is 1. The molecule has 13 heavy (non-hydrogen) atoms. The van der Waals surface area contributed by atoms with Gasteiger partial charge in [-0.05, 0) is 12.8 Å². The highest BCUT2D eigenvalue weighted by Gasteiger charge is 2.49. The second-order valence-electron chi connectivity index (χ2n) is 3.24. The summed E-state index contributed by atoms with van der Waals surface area (Å²) in [6.07, 6.45) is 5.57. The largest absolute Gasteiger partial charge is 0.310 e. The summed E-state index contributed by atoms with van der Waals surface area (Å²) < 4.78 is 1.61. The van der Waals surface area contributed by atoms with Gasteiger partial charge in [-0.15, -0.1) is 11.6 Å². The molecule has 2 rings (SSSR count). The van der Waals surface area contributed by atoms with Crippen LogP contribution in [0.4, 0.5) is 0 Å². The van der Waals surface area contributed by atoms with Crippen LogP contribution in [0.5, 0.6) is 0 Å². The summed E-state index contributed by atoms with van der Waals surface area (Å²) in [5, 5.41) is 0.448. The molecule has 0 bridgehead atoms. The average Bonchev–Trinajstić information content (AvgIpc) is 2.69. The topological polar surface area (TPSA) is 34.9 Å². The Morgan fingerprint density at radius 3 is 2.77 bits per heavy atom. The molecule has 1 aliphatic rings. The summed E-state index contributed by atoms with van der Waals surface area (Å²) in [6, 6.07) is -0.385. The lowest BCUT2D eigenvalue weighted by Crippen LogP contribution is -2.22. The molecule has 0 aromatic carbocycles. The SMILES string of the molecule is O=C[C@H](n1cncc1Cl)C1(Cl)CC1. The van der Waals surface area contributed by atoms with Crippen molar-refractivity contribution in [2.75, 3.05) is 0 Å². The van der Waals surface area contributed by atoms with E-state index in [1.165, 1.54) is 12.5 Å². The van der Waals surface area contributed by atoms with Crippen molar-refractivity contribution in [2.24, 2.45) is 0 Å². The summed E-state index contributed by atoms with van der Waals surface area (Å²) in [4.78, 5) is 14.3. The van der Waals surface area contributed by atoms with Crippen LogP contribution in [-0.2, 0) is 4.79 Å². The molecule has 3 nitrogen and oxygen atoms in total. The zero-order chi connectivity index (χ0) is 9.47. The van der Waals surface area contributed by atoms with Gasteiger partial charge < -0.3 is 9.36 Å². The number of hydrogen-bond acceptors (Lipinski definition) is 2. The Morgan fingerprint density at radius 2 is 2.38 bits per heavy atom. The minimum Gasteiger partial charge on any atom is -0.310 e. The number of aromatic nitrogens is 2. The number of halogens is 2. The van der Waals surface area contributed by atoms with Crippen LogP contribution in [0.15, 0.2) is 12.5 Å². The van der Waals surface area contributed by atoms with Gasteiger partial charge >= 0.3 is 0 Å². The molecular weight excluding hydrogens is 211 g/mol. The van der Waals surface area contributed by atoms with Gasteiger partial charge in [0.15, 0.2) is 0 Å². The van der Waals surface area contributed by atoms with Crippen molar-refractivity contribution in [1.29, 1.82) is 0 Å². The molecule has 0 aliphatic heterocycles. The predicted molar refractivity (Wildman–Crippen MR) is 50.2 cm³/mol. The van der Waals surface area contributed by atoms with E-state index >= 15 is 0 Å². The van der Waals surface area contributed by atoms with Gasteiger partial charge in [-0.3, -0.25) is 0 Å². The number of rotatable bonds is 3. The third-order valence-corrected chi connectivity index (χ3v) is 3.20. The third-order valence-electron chi connectivity index (χ3n) is 2.31. The lowest BCUT2D eigenvalue weighted by molar-refractivity contribution is -0.110. The number of carbonyl (C=O) groups is 1. The first-order valence-electron chi connectivity index (χ1n) is 3.99. The van der Waals surface area contributed by atoms with E-state index in [1.807, 2.05) is 0 Å². The van der Waals surface area contributed by atoms with Crippen molar-refractivity contribution in [3.05, 3.63) is 17.7 Å². The molecule has 0 spiro atoms. The molecule has 1 aliphatic carbocycles. The molecule has 0 amide bonds. The average molecular weight is 219 g/mol. The molecule has 0 unspecified atom stereocenters. The van der Waals surface area contributed by atoms with Crippen LogP contribution in [-0.4, -0.2) is 20.7 Å². The highest BCUT2D eigenvalue weighted by molar-refractivity contribution is 6.30. The van der Waals surface area contributed by atoms with Gasteiger partial charge in [-0.2, -0.15) is 0 Å². The van der Waals surface area contributed by atoms with E-state index in [4.69, 9.17) is 23.2 Å². The maximum Gasteiger partial charge on any atom is 0.144 e. The van der Waals surface area contributed by atoms with Crippen LogP contribution in [0.2, 0.25) is 5.15 Å². The summed E-state index contributed by atoms with van der Waals surface area (Å²) >= 11 is 12.0. The first-order chi connectivity index (χ1) is 6.17. The first kappa shape index (κ1) is 9.03. The molecule has 70 valence electrons. The van der Waals surface area contributed by atoms with Crippen LogP contribution in [0.3, 0.4) is 0 Å². The molecule has 1 heterocycles. The van der Waals surface area contributed by atoms with Gasteiger partial charge in [0, 0.05) is 0 Å². The zero-order valence-corrected chi connectivity index (χ0v) is 8.29. The fraction of sp³-hybridized carbons (Fsp3) is 0.500. The predicted octanol–water partition coefficient (Wildman–Crippen LogP) is 2.05. The number of hydrogen-bond donors (Lipinski definition) is 0. The summed E-state index contributed by atoms with van der Waals surface area (Å²) in [5.74, 6) is 0. The third kappa shape index (κ3) is 1.46. The maximum atomic E-state index is 10.9. The second-order valence-corrected chi connectivity index (χ2v) is 4.38. The molecule has 1 fully saturated rings. The molecule has 0 N–H and O–H groups in total. The van der Waals surface area contributed by atoms with Crippen molar-refractivity contribution in [1.82, 2.24) is 9.55 Å². The van der Waals surface area contributed by atoms with Crippen molar-refractivity contribution in [3.8, 4) is 0 Å². The summed E-state index contributed by atoms with van der Waals surface area (Å²) in [5.41, 5.74) is 0. The molecular formula is C8H8Cl2N2O. The standard InChI is InChI=1S/C8H8Cl2N2O/c9-7-3-11-5-12(7)6(4-13)8(10)1-2-8/h3-6H,1-2H2/t6-/m0/s1. The first-order valence-corrected chi connectivity index (χ1v) is 4.74. The monoisotopic (exact) mass is 218 g/mol. The zero-order valence-electron chi connectivity index (χ0n) is 6.78. The Kier molecular flexibility index (Phi) is 2.08. The normalized spacial score (nSPS) is 21.1. The van der Waals surface area contributed by atoms with Crippen molar-refractivity contribution < 1.29 is 4.79 Å². The molecule has 5 heteroatoms. The Hall–Kier alpha value is -0.540. The fourth-order valence-electron chi connectivity index (χ4n) is 1.35. The van der Waals surface area contributed by atoms with E-state index in [2.05, 4.69) is 4.98 Å².